The van der Waals surface area contributed by atoms with Crippen molar-refractivity contribution in [2.75, 3.05) is 6.26 Å². The summed E-state index contributed by atoms with van der Waals surface area (Å²) >= 11 is 0. The third-order valence-corrected chi connectivity index (χ3v) is 2.44. The van der Waals surface area contributed by atoms with Crippen molar-refractivity contribution < 1.29 is 21.6 Å². The molecule has 1 aromatic rings. The molecule has 0 saturated carbocycles. The number of aromatic nitrogens is 3. The first-order valence-corrected chi connectivity index (χ1v) is 5.20. The third kappa shape index (κ3) is 1.86. The SMILES string of the molecule is Cn1c(C(F)(F)F)nnc1S(C)(=O)=O. The first-order valence-electron chi connectivity index (χ1n) is 3.30. The number of hydrogen-bond acceptors (Lipinski definition) is 4. The molecule has 0 fully saturated rings. The summed E-state index contributed by atoms with van der Waals surface area (Å²) in [5.41, 5.74) is 0. The lowest BCUT2D eigenvalue weighted by atomic mass is 10.6. The minimum Gasteiger partial charge on any atom is -0.297 e. The van der Waals surface area contributed by atoms with Gasteiger partial charge in [-0.25, -0.2) is 8.42 Å². The molecule has 9 heteroatoms. The Bertz CT molecular complexity index is 447. The van der Waals surface area contributed by atoms with Gasteiger partial charge >= 0.3 is 6.18 Å². The van der Waals surface area contributed by atoms with Gasteiger partial charge in [-0.05, 0) is 0 Å². The van der Waals surface area contributed by atoms with Gasteiger partial charge in [-0.3, -0.25) is 4.57 Å². The van der Waals surface area contributed by atoms with Crippen LogP contribution in [0.2, 0.25) is 0 Å². The molecule has 14 heavy (non-hydrogen) atoms. The Hall–Kier alpha value is -1.12. The van der Waals surface area contributed by atoms with Gasteiger partial charge in [0.1, 0.15) is 0 Å². The molecule has 0 N–H and O–H groups in total. The van der Waals surface area contributed by atoms with Crippen LogP contribution in [-0.2, 0) is 23.1 Å². The summed E-state index contributed by atoms with van der Waals surface area (Å²) < 4.78 is 58.6. The minimum atomic E-state index is -4.70. The monoisotopic (exact) mass is 229 g/mol. The average molecular weight is 229 g/mol. The van der Waals surface area contributed by atoms with E-state index in [2.05, 4.69) is 10.2 Å². The highest BCUT2D eigenvalue weighted by molar-refractivity contribution is 7.90. The Morgan fingerprint density at radius 3 is 2.00 bits per heavy atom. The molecule has 0 spiro atoms. The Morgan fingerprint density at radius 2 is 1.79 bits per heavy atom. The van der Waals surface area contributed by atoms with E-state index in [0.717, 1.165) is 13.3 Å². The van der Waals surface area contributed by atoms with Crippen molar-refractivity contribution in [2.45, 2.75) is 11.3 Å². The van der Waals surface area contributed by atoms with Crippen LogP contribution in [0.5, 0.6) is 0 Å². The highest BCUT2D eigenvalue weighted by Gasteiger charge is 2.38. The molecule has 5 nitrogen and oxygen atoms in total. The first-order chi connectivity index (χ1) is 6.14. The zero-order chi connectivity index (χ0) is 11.1. The predicted molar refractivity (Wildman–Crippen MR) is 39.1 cm³/mol. The molecule has 80 valence electrons. The van der Waals surface area contributed by atoms with Crippen LogP contribution < -0.4 is 0 Å². The van der Waals surface area contributed by atoms with Gasteiger partial charge in [-0.15, -0.1) is 10.2 Å². The van der Waals surface area contributed by atoms with E-state index in [-0.39, 0.29) is 0 Å². The molecule has 1 aromatic heterocycles. The van der Waals surface area contributed by atoms with Crippen molar-refractivity contribution in [2.24, 2.45) is 7.05 Å². The van der Waals surface area contributed by atoms with E-state index in [4.69, 9.17) is 0 Å². The molecule has 0 radical (unpaired) electrons. The van der Waals surface area contributed by atoms with Crippen molar-refractivity contribution in [3.05, 3.63) is 5.82 Å². The molecule has 0 saturated heterocycles. The van der Waals surface area contributed by atoms with E-state index in [0.29, 0.717) is 4.57 Å². The fourth-order valence-electron chi connectivity index (χ4n) is 0.885. The molecule has 1 heterocycles. The second-order valence-corrected chi connectivity index (χ2v) is 4.54. The number of halogens is 3. The van der Waals surface area contributed by atoms with Crippen LogP contribution in [0.4, 0.5) is 13.2 Å². The van der Waals surface area contributed by atoms with Crippen LogP contribution in [-0.4, -0.2) is 29.4 Å². The number of rotatable bonds is 1. The molecule has 0 aliphatic heterocycles. The largest absolute Gasteiger partial charge is 0.451 e. The van der Waals surface area contributed by atoms with E-state index in [1.807, 2.05) is 0 Å². The van der Waals surface area contributed by atoms with Crippen LogP contribution in [0.15, 0.2) is 5.16 Å². The van der Waals surface area contributed by atoms with Crippen LogP contribution in [0, 0.1) is 0 Å². The standard InChI is InChI=1S/C5H6F3N3O2S/c1-11-3(5(6,7)8)9-10-4(11)14(2,12)13/h1-2H3. The van der Waals surface area contributed by atoms with E-state index in [9.17, 15) is 21.6 Å². The topological polar surface area (TPSA) is 64.8 Å². The van der Waals surface area contributed by atoms with Gasteiger partial charge in [0.15, 0.2) is 0 Å². The molecule has 0 amide bonds. The van der Waals surface area contributed by atoms with E-state index >= 15 is 0 Å². The molecular weight excluding hydrogens is 223 g/mol. The van der Waals surface area contributed by atoms with Crippen molar-refractivity contribution >= 4 is 9.84 Å². The van der Waals surface area contributed by atoms with Crippen molar-refractivity contribution in [3.8, 4) is 0 Å². The molecule has 1 rings (SSSR count). The minimum absolute atomic E-state index is 0.398. The van der Waals surface area contributed by atoms with Crippen LogP contribution in [0.1, 0.15) is 5.82 Å². The number of sulfone groups is 1. The van der Waals surface area contributed by atoms with Crippen LogP contribution in [0.25, 0.3) is 0 Å². The zero-order valence-corrected chi connectivity index (χ0v) is 8.02. The lowest BCUT2D eigenvalue weighted by molar-refractivity contribution is -0.147. The van der Waals surface area contributed by atoms with Gasteiger partial charge in [0.05, 0.1) is 0 Å². The molecular formula is C5H6F3N3O2S. The number of nitrogens with zero attached hydrogens (tertiary/aromatic N) is 3. The van der Waals surface area contributed by atoms with Crippen LogP contribution >= 0.6 is 0 Å². The zero-order valence-electron chi connectivity index (χ0n) is 7.20. The van der Waals surface area contributed by atoms with Gasteiger partial charge in [0.25, 0.3) is 0 Å². The molecule has 0 bridgehead atoms. The summed E-state index contributed by atoms with van der Waals surface area (Å²) in [6.07, 6.45) is -3.94. The molecule has 0 aromatic carbocycles. The van der Waals surface area contributed by atoms with E-state index < -0.39 is 27.0 Å². The Morgan fingerprint density at radius 1 is 1.29 bits per heavy atom. The molecule has 0 unspecified atom stereocenters. The van der Waals surface area contributed by atoms with Crippen molar-refractivity contribution in [3.63, 3.8) is 0 Å². The van der Waals surface area contributed by atoms with E-state index in [1.54, 1.807) is 0 Å². The van der Waals surface area contributed by atoms with Crippen molar-refractivity contribution in [1.82, 2.24) is 14.8 Å². The van der Waals surface area contributed by atoms with Gasteiger partial charge in [0, 0.05) is 13.3 Å². The van der Waals surface area contributed by atoms with Gasteiger partial charge in [-0.2, -0.15) is 13.2 Å². The average Bonchev–Trinajstić information content (AvgIpc) is 2.26. The number of hydrogen-bond donors (Lipinski definition) is 0. The first kappa shape index (κ1) is 11.0. The molecule has 0 atom stereocenters. The summed E-state index contributed by atoms with van der Waals surface area (Å²) in [5.74, 6) is -1.34. The normalized spacial score (nSPS) is 13.2. The Balaban J connectivity index is 3.37. The Labute approximate surface area is 77.5 Å². The summed E-state index contributed by atoms with van der Waals surface area (Å²) in [4.78, 5) is 0. The smallest absolute Gasteiger partial charge is 0.297 e. The lowest BCUT2D eigenvalue weighted by Crippen LogP contribution is -2.15. The summed E-state index contributed by atoms with van der Waals surface area (Å²) in [7, 11) is -2.84. The summed E-state index contributed by atoms with van der Waals surface area (Å²) in [6.45, 7) is 0. The maximum atomic E-state index is 12.1. The van der Waals surface area contributed by atoms with E-state index in [1.165, 1.54) is 0 Å². The van der Waals surface area contributed by atoms with Crippen molar-refractivity contribution in [1.29, 1.82) is 0 Å². The van der Waals surface area contributed by atoms with Crippen LogP contribution in [0.3, 0.4) is 0 Å². The predicted octanol–water partition coefficient (Wildman–Crippen LogP) is 0.237. The highest BCUT2D eigenvalue weighted by atomic mass is 32.2. The van der Waals surface area contributed by atoms with Gasteiger partial charge in [0.2, 0.25) is 20.8 Å². The van der Waals surface area contributed by atoms with Gasteiger partial charge in [-0.1, -0.05) is 0 Å². The maximum Gasteiger partial charge on any atom is 0.451 e. The summed E-state index contributed by atoms with van der Waals surface area (Å²) in [5, 5.41) is 5.02. The summed E-state index contributed by atoms with van der Waals surface area (Å²) in [6, 6.07) is 0. The lowest BCUT2D eigenvalue weighted by Gasteiger charge is -2.04. The van der Waals surface area contributed by atoms with Gasteiger partial charge < -0.3 is 0 Å². The Kier molecular flexibility index (Phi) is 2.30. The second-order valence-electron chi connectivity index (χ2n) is 2.64. The second kappa shape index (κ2) is 2.94. The maximum absolute atomic E-state index is 12.1. The fraction of sp³-hybridized carbons (Fsp3) is 0.600. The highest BCUT2D eigenvalue weighted by Crippen LogP contribution is 2.27. The number of alkyl halides is 3. The molecule has 0 aliphatic rings. The third-order valence-electron chi connectivity index (χ3n) is 1.42. The molecule has 0 aliphatic carbocycles. The fourth-order valence-corrected chi connectivity index (χ4v) is 1.66. The quantitative estimate of drug-likeness (QED) is 0.691.